The summed E-state index contributed by atoms with van der Waals surface area (Å²) >= 11 is 0. The summed E-state index contributed by atoms with van der Waals surface area (Å²) in [6, 6.07) is 0. The Morgan fingerprint density at radius 1 is 1.50 bits per heavy atom. The zero-order valence-corrected chi connectivity index (χ0v) is 10.6. The molecule has 0 aromatic rings. The van der Waals surface area contributed by atoms with Crippen molar-refractivity contribution >= 4 is 5.96 Å². The lowest BCUT2D eigenvalue weighted by Gasteiger charge is -2.12. The molecule has 0 bridgehead atoms. The number of methoxy groups -OCH3 is 1. The SMILES string of the molecule is CCCCNC(N)=NCC1(CCOC)CC1. The van der Waals surface area contributed by atoms with E-state index < -0.39 is 0 Å². The van der Waals surface area contributed by atoms with Crippen molar-refractivity contribution in [2.45, 2.75) is 39.0 Å². The zero-order valence-electron chi connectivity index (χ0n) is 10.6. The van der Waals surface area contributed by atoms with Gasteiger partial charge in [-0.3, -0.25) is 4.99 Å². The van der Waals surface area contributed by atoms with Crippen LogP contribution in [-0.2, 0) is 4.74 Å². The van der Waals surface area contributed by atoms with Crippen molar-refractivity contribution in [3.8, 4) is 0 Å². The zero-order chi connectivity index (χ0) is 11.9. The minimum Gasteiger partial charge on any atom is -0.385 e. The van der Waals surface area contributed by atoms with E-state index in [-0.39, 0.29) is 0 Å². The van der Waals surface area contributed by atoms with Crippen molar-refractivity contribution in [2.75, 3.05) is 26.8 Å². The molecule has 0 heterocycles. The number of guanidine groups is 1. The standard InChI is InChI=1S/C12H25N3O/c1-3-4-8-14-11(13)15-10-12(5-6-12)7-9-16-2/h3-10H2,1-2H3,(H3,13,14,15). The van der Waals surface area contributed by atoms with Gasteiger partial charge < -0.3 is 15.8 Å². The number of hydrogen-bond donors (Lipinski definition) is 2. The number of nitrogens with one attached hydrogen (secondary N) is 1. The van der Waals surface area contributed by atoms with Gasteiger partial charge in [-0.1, -0.05) is 13.3 Å². The van der Waals surface area contributed by atoms with E-state index in [9.17, 15) is 0 Å². The molecule has 3 N–H and O–H groups in total. The fraction of sp³-hybridized carbons (Fsp3) is 0.917. The number of nitrogens with zero attached hydrogens (tertiary/aromatic N) is 1. The summed E-state index contributed by atoms with van der Waals surface area (Å²) in [5.41, 5.74) is 6.18. The molecule has 0 unspecified atom stereocenters. The van der Waals surface area contributed by atoms with E-state index in [4.69, 9.17) is 10.5 Å². The lowest BCUT2D eigenvalue weighted by Crippen LogP contribution is -2.33. The molecule has 1 aliphatic carbocycles. The Labute approximate surface area is 98.6 Å². The highest BCUT2D eigenvalue weighted by molar-refractivity contribution is 5.77. The maximum absolute atomic E-state index is 5.79. The summed E-state index contributed by atoms with van der Waals surface area (Å²) in [6.45, 7) is 4.77. The Balaban J connectivity index is 2.18. The van der Waals surface area contributed by atoms with Crippen LogP contribution in [0.3, 0.4) is 0 Å². The fourth-order valence-corrected chi connectivity index (χ4v) is 1.68. The first kappa shape index (κ1) is 13.3. The van der Waals surface area contributed by atoms with Gasteiger partial charge in [0.2, 0.25) is 0 Å². The lowest BCUT2D eigenvalue weighted by molar-refractivity contribution is 0.174. The topological polar surface area (TPSA) is 59.6 Å². The first-order chi connectivity index (χ1) is 7.72. The van der Waals surface area contributed by atoms with Crippen molar-refractivity contribution in [1.29, 1.82) is 0 Å². The van der Waals surface area contributed by atoms with E-state index in [0.29, 0.717) is 11.4 Å². The Bertz CT molecular complexity index is 224. The molecule has 0 amide bonds. The second-order valence-corrected chi connectivity index (χ2v) is 4.72. The Kier molecular flexibility index (Phi) is 5.60. The van der Waals surface area contributed by atoms with E-state index in [2.05, 4.69) is 17.2 Å². The highest BCUT2D eigenvalue weighted by atomic mass is 16.5. The molecule has 1 saturated carbocycles. The van der Waals surface area contributed by atoms with E-state index in [1.807, 2.05) is 0 Å². The minimum atomic E-state index is 0.396. The minimum absolute atomic E-state index is 0.396. The molecule has 1 fully saturated rings. The molecule has 4 nitrogen and oxygen atoms in total. The largest absolute Gasteiger partial charge is 0.385 e. The summed E-state index contributed by atoms with van der Waals surface area (Å²) in [5.74, 6) is 0.595. The van der Waals surface area contributed by atoms with Crippen LogP contribution in [-0.4, -0.2) is 32.8 Å². The lowest BCUT2D eigenvalue weighted by atomic mass is 10.0. The molecule has 0 aromatic carbocycles. The molecule has 0 atom stereocenters. The van der Waals surface area contributed by atoms with Gasteiger partial charge in [-0.05, 0) is 31.1 Å². The summed E-state index contributed by atoms with van der Waals surface area (Å²) in [7, 11) is 1.75. The number of rotatable bonds is 8. The third-order valence-corrected chi connectivity index (χ3v) is 3.21. The predicted octanol–water partition coefficient (Wildman–Crippen LogP) is 1.51. The Hall–Kier alpha value is -0.770. The molecule has 0 aliphatic heterocycles. The van der Waals surface area contributed by atoms with Gasteiger partial charge in [0.25, 0.3) is 0 Å². The third kappa shape index (κ3) is 4.84. The molecular weight excluding hydrogens is 202 g/mol. The quantitative estimate of drug-likeness (QED) is 0.375. The van der Waals surface area contributed by atoms with Gasteiger partial charge in [-0.15, -0.1) is 0 Å². The molecule has 0 radical (unpaired) electrons. The Morgan fingerprint density at radius 3 is 2.81 bits per heavy atom. The number of ether oxygens (including phenoxy) is 1. The van der Waals surface area contributed by atoms with Crippen molar-refractivity contribution in [3.63, 3.8) is 0 Å². The smallest absolute Gasteiger partial charge is 0.188 e. The average Bonchev–Trinajstić information content (AvgIpc) is 3.05. The van der Waals surface area contributed by atoms with Crippen LogP contribution in [0.4, 0.5) is 0 Å². The molecule has 0 saturated heterocycles. The number of unbranched alkanes of at least 4 members (excludes halogenated alkanes) is 1. The third-order valence-electron chi connectivity index (χ3n) is 3.21. The van der Waals surface area contributed by atoms with E-state index in [1.165, 1.54) is 19.3 Å². The van der Waals surface area contributed by atoms with Gasteiger partial charge in [-0.25, -0.2) is 0 Å². The van der Waals surface area contributed by atoms with Crippen molar-refractivity contribution in [2.24, 2.45) is 16.1 Å². The van der Waals surface area contributed by atoms with Crippen LogP contribution >= 0.6 is 0 Å². The molecular formula is C12H25N3O. The highest BCUT2D eigenvalue weighted by Crippen LogP contribution is 2.48. The summed E-state index contributed by atoms with van der Waals surface area (Å²) in [5, 5.41) is 3.14. The van der Waals surface area contributed by atoms with Gasteiger partial charge in [0.1, 0.15) is 0 Å². The number of nitrogens with two attached hydrogens (primary N) is 1. The number of aliphatic imine (C=N–C) groups is 1. The van der Waals surface area contributed by atoms with Crippen molar-refractivity contribution in [3.05, 3.63) is 0 Å². The van der Waals surface area contributed by atoms with Crippen molar-refractivity contribution in [1.82, 2.24) is 5.32 Å². The van der Waals surface area contributed by atoms with Gasteiger partial charge >= 0.3 is 0 Å². The second-order valence-electron chi connectivity index (χ2n) is 4.72. The predicted molar refractivity (Wildman–Crippen MR) is 67.6 cm³/mol. The molecule has 1 aliphatic rings. The summed E-state index contributed by atoms with van der Waals surface area (Å²) < 4.78 is 5.11. The molecule has 0 aromatic heterocycles. The van der Waals surface area contributed by atoms with Gasteiger partial charge in [0, 0.05) is 26.8 Å². The van der Waals surface area contributed by atoms with Gasteiger partial charge in [0.05, 0.1) is 0 Å². The van der Waals surface area contributed by atoms with Crippen LogP contribution in [0.25, 0.3) is 0 Å². The van der Waals surface area contributed by atoms with Crippen LogP contribution in [0.5, 0.6) is 0 Å². The van der Waals surface area contributed by atoms with Crippen LogP contribution in [0.2, 0.25) is 0 Å². The molecule has 1 rings (SSSR count). The normalized spacial score (nSPS) is 18.5. The van der Waals surface area contributed by atoms with E-state index in [1.54, 1.807) is 7.11 Å². The molecule has 94 valence electrons. The van der Waals surface area contributed by atoms with Crippen LogP contribution in [0.15, 0.2) is 4.99 Å². The van der Waals surface area contributed by atoms with Crippen LogP contribution in [0, 0.1) is 5.41 Å². The fourth-order valence-electron chi connectivity index (χ4n) is 1.68. The molecule has 16 heavy (non-hydrogen) atoms. The monoisotopic (exact) mass is 227 g/mol. The first-order valence-corrected chi connectivity index (χ1v) is 6.25. The van der Waals surface area contributed by atoms with Crippen molar-refractivity contribution < 1.29 is 4.74 Å². The van der Waals surface area contributed by atoms with Crippen LogP contribution < -0.4 is 11.1 Å². The average molecular weight is 227 g/mol. The second kappa shape index (κ2) is 6.74. The first-order valence-electron chi connectivity index (χ1n) is 6.25. The molecule has 0 spiro atoms. The van der Waals surface area contributed by atoms with E-state index in [0.717, 1.165) is 32.5 Å². The molecule has 4 heteroatoms. The maximum Gasteiger partial charge on any atom is 0.188 e. The summed E-state index contributed by atoms with van der Waals surface area (Å²) in [6.07, 6.45) is 5.96. The van der Waals surface area contributed by atoms with Crippen LogP contribution in [0.1, 0.15) is 39.0 Å². The Morgan fingerprint density at radius 2 is 2.25 bits per heavy atom. The van der Waals surface area contributed by atoms with Gasteiger partial charge in [-0.2, -0.15) is 0 Å². The summed E-state index contributed by atoms with van der Waals surface area (Å²) in [4.78, 5) is 4.41. The maximum atomic E-state index is 5.79. The van der Waals surface area contributed by atoms with Gasteiger partial charge in [0.15, 0.2) is 5.96 Å². The van der Waals surface area contributed by atoms with E-state index >= 15 is 0 Å². The number of hydrogen-bond acceptors (Lipinski definition) is 2. The highest BCUT2D eigenvalue weighted by Gasteiger charge is 2.41.